The first-order valence-electron chi connectivity index (χ1n) is 6.74. The third-order valence-corrected chi connectivity index (χ3v) is 3.67. The molecule has 1 amide bonds. The molecule has 1 N–H and O–H groups in total. The van der Waals surface area contributed by atoms with Gasteiger partial charge in [0.05, 0.1) is 12.1 Å². The predicted molar refractivity (Wildman–Crippen MR) is 75.2 cm³/mol. The monoisotopic (exact) mass is 273 g/mol. The molecule has 106 valence electrons. The number of ether oxygens (including phenoxy) is 1. The van der Waals surface area contributed by atoms with Crippen LogP contribution in [0, 0.1) is 0 Å². The zero-order valence-corrected chi connectivity index (χ0v) is 13.5. The molecule has 0 aromatic carbocycles. The van der Waals surface area contributed by atoms with Gasteiger partial charge in [0.2, 0.25) is 0 Å². The summed E-state index contributed by atoms with van der Waals surface area (Å²) in [6.45, 7) is 12.1. The Kier molecular flexibility index (Phi) is 4.83. The molecule has 2 atom stereocenters. The topological polar surface area (TPSA) is 47.6 Å². The van der Waals surface area contributed by atoms with Crippen molar-refractivity contribution in [2.75, 3.05) is 0 Å². The molecule has 4 nitrogen and oxygen atoms in total. The number of carbonyl (C=O) groups is 1. The van der Waals surface area contributed by atoms with E-state index in [-0.39, 0.29) is 18.2 Å². The maximum atomic E-state index is 11.7. The molecule has 0 saturated heterocycles. The summed E-state index contributed by atoms with van der Waals surface area (Å²) in [5.74, 6) is 0. The summed E-state index contributed by atoms with van der Waals surface area (Å²) in [5.41, 5.74) is -0.447. The van der Waals surface area contributed by atoms with Gasteiger partial charge < -0.3 is 14.5 Å². The van der Waals surface area contributed by atoms with E-state index in [1.165, 1.54) is 0 Å². The molecule has 0 aromatic rings. The SMILES string of the molecule is CC(C)(C)OC(=O)NC1CCCC1O[Si](C)(C)C. The van der Waals surface area contributed by atoms with Crippen LogP contribution in [0.25, 0.3) is 0 Å². The van der Waals surface area contributed by atoms with Gasteiger partial charge in [-0.05, 0) is 59.7 Å². The molecule has 0 bridgehead atoms. The number of amides is 1. The molecule has 0 spiro atoms. The zero-order chi connectivity index (χ0) is 14.0. The number of rotatable bonds is 3. The maximum Gasteiger partial charge on any atom is 0.407 e. The highest BCUT2D eigenvalue weighted by Crippen LogP contribution is 2.25. The van der Waals surface area contributed by atoms with Crippen LogP contribution in [0.1, 0.15) is 40.0 Å². The highest BCUT2D eigenvalue weighted by atomic mass is 28.4. The molecule has 1 aliphatic carbocycles. The first-order valence-corrected chi connectivity index (χ1v) is 10.1. The van der Waals surface area contributed by atoms with Gasteiger partial charge in [-0.25, -0.2) is 4.79 Å². The standard InChI is InChI=1S/C13H27NO3Si/c1-13(2,3)16-12(15)14-10-8-7-9-11(10)17-18(4,5)6/h10-11H,7-9H2,1-6H3,(H,14,15). The number of hydrogen-bond acceptors (Lipinski definition) is 3. The van der Waals surface area contributed by atoms with E-state index in [0.717, 1.165) is 19.3 Å². The van der Waals surface area contributed by atoms with Crippen LogP contribution in [0.5, 0.6) is 0 Å². The fourth-order valence-corrected chi connectivity index (χ4v) is 3.34. The molecule has 0 aliphatic heterocycles. The van der Waals surface area contributed by atoms with Crippen molar-refractivity contribution in [2.24, 2.45) is 0 Å². The van der Waals surface area contributed by atoms with E-state index in [0.29, 0.717) is 0 Å². The Hall–Kier alpha value is -0.553. The minimum absolute atomic E-state index is 0.103. The molecule has 18 heavy (non-hydrogen) atoms. The van der Waals surface area contributed by atoms with E-state index in [1.807, 2.05) is 20.8 Å². The van der Waals surface area contributed by atoms with Crippen molar-refractivity contribution in [1.29, 1.82) is 0 Å². The summed E-state index contributed by atoms with van der Waals surface area (Å²) in [4.78, 5) is 11.7. The van der Waals surface area contributed by atoms with Gasteiger partial charge in [0.25, 0.3) is 0 Å². The first-order chi connectivity index (χ1) is 8.07. The highest BCUT2D eigenvalue weighted by Gasteiger charge is 2.33. The molecular weight excluding hydrogens is 246 g/mol. The van der Waals surface area contributed by atoms with E-state index < -0.39 is 13.9 Å². The molecule has 0 heterocycles. The van der Waals surface area contributed by atoms with Crippen molar-refractivity contribution in [3.8, 4) is 0 Å². The molecule has 0 radical (unpaired) electrons. The molecular formula is C13H27NO3Si. The van der Waals surface area contributed by atoms with Crippen molar-refractivity contribution >= 4 is 14.4 Å². The van der Waals surface area contributed by atoms with Crippen LogP contribution in [-0.4, -0.2) is 32.2 Å². The second-order valence-corrected chi connectivity index (χ2v) is 11.4. The number of hydrogen-bond donors (Lipinski definition) is 1. The third-order valence-electron chi connectivity index (χ3n) is 2.66. The fourth-order valence-electron chi connectivity index (χ4n) is 2.15. The second-order valence-electron chi connectivity index (χ2n) is 6.95. The van der Waals surface area contributed by atoms with Crippen molar-refractivity contribution in [3.63, 3.8) is 0 Å². The van der Waals surface area contributed by atoms with Gasteiger partial charge in [-0.15, -0.1) is 0 Å². The highest BCUT2D eigenvalue weighted by molar-refractivity contribution is 6.69. The number of carbonyl (C=O) groups excluding carboxylic acids is 1. The number of nitrogens with one attached hydrogen (secondary N) is 1. The van der Waals surface area contributed by atoms with Crippen LogP contribution in [0.4, 0.5) is 4.79 Å². The Balaban J connectivity index is 2.48. The summed E-state index contributed by atoms with van der Waals surface area (Å²) < 4.78 is 11.4. The molecule has 5 heteroatoms. The van der Waals surface area contributed by atoms with Crippen LogP contribution in [-0.2, 0) is 9.16 Å². The minimum Gasteiger partial charge on any atom is -0.444 e. The Morgan fingerprint density at radius 2 is 1.83 bits per heavy atom. The van der Waals surface area contributed by atoms with Crippen LogP contribution in [0.15, 0.2) is 0 Å². The van der Waals surface area contributed by atoms with E-state index >= 15 is 0 Å². The van der Waals surface area contributed by atoms with E-state index in [4.69, 9.17) is 9.16 Å². The molecule has 2 unspecified atom stereocenters. The van der Waals surface area contributed by atoms with Crippen LogP contribution < -0.4 is 5.32 Å². The lowest BCUT2D eigenvalue weighted by Gasteiger charge is -2.29. The summed E-state index contributed by atoms with van der Waals surface area (Å²) in [5, 5.41) is 2.94. The van der Waals surface area contributed by atoms with Crippen molar-refractivity contribution in [2.45, 2.75) is 77.4 Å². The minimum atomic E-state index is -1.55. The fraction of sp³-hybridized carbons (Fsp3) is 0.923. The molecule has 1 aliphatic rings. The van der Waals surface area contributed by atoms with Crippen molar-refractivity contribution in [3.05, 3.63) is 0 Å². The lowest BCUT2D eigenvalue weighted by Crippen LogP contribution is -2.46. The second kappa shape index (κ2) is 5.61. The zero-order valence-electron chi connectivity index (χ0n) is 12.5. The van der Waals surface area contributed by atoms with Gasteiger partial charge in [0, 0.05) is 0 Å². The van der Waals surface area contributed by atoms with E-state index in [9.17, 15) is 4.79 Å². The van der Waals surface area contributed by atoms with Crippen molar-refractivity contribution < 1.29 is 14.0 Å². The van der Waals surface area contributed by atoms with Gasteiger partial charge in [0.1, 0.15) is 5.60 Å². The maximum absolute atomic E-state index is 11.7. The summed E-state index contributed by atoms with van der Waals surface area (Å²) in [6, 6.07) is 0.103. The lowest BCUT2D eigenvalue weighted by atomic mass is 10.2. The van der Waals surface area contributed by atoms with E-state index in [1.54, 1.807) is 0 Å². The van der Waals surface area contributed by atoms with Gasteiger partial charge >= 0.3 is 6.09 Å². The van der Waals surface area contributed by atoms with Gasteiger partial charge in [-0.1, -0.05) is 0 Å². The molecule has 1 rings (SSSR count). The molecule has 1 saturated carbocycles. The quantitative estimate of drug-likeness (QED) is 0.803. The smallest absolute Gasteiger partial charge is 0.407 e. The number of alkyl carbamates (subject to hydrolysis) is 1. The van der Waals surface area contributed by atoms with Gasteiger partial charge in [0.15, 0.2) is 8.32 Å². The largest absolute Gasteiger partial charge is 0.444 e. The summed E-state index contributed by atoms with van der Waals surface area (Å²) in [7, 11) is -1.55. The Bertz CT molecular complexity index is 294. The Morgan fingerprint density at radius 1 is 1.22 bits per heavy atom. The van der Waals surface area contributed by atoms with Gasteiger partial charge in [-0.3, -0.25) is 0 Å². The molecule has 0 aromatic heterocycles. The Labute approximate surface area is 112 Å². The van der Waals surface area contributed by atoms with Gasteiger partial charge in [-0.2, -0.15) is 0 Å². The first kappa shape index (κ1) is 15.5. The lowest BCUT2D eigenvalue weighted by molar-refractivity contribution is 0.0460. The molecule has 1 fully saturated rings. The summed E-state index contributed by atoms with van der Waals surface area (Å²) >= 11 is 0. The van der Waals surface area contributed by atoms with Crippen LogP contribution in [0.2, 0.25) is 19.6 Å². The normalized spacial score (nSPS) is 25.0. The van der Waals surface area contributed by atoms with Crippen molar-refractivity contribution in [1.82, 2.24) is 5.32 Å². The third kappa shape index (κ3) is 5.86. The average Bonchev–Trinajstić information content (AvgIpc) is 2.45. The summed E-state index contributed by atoms with van der Waals surface area (Å²) in [6.07, 6.45) is 2.94. The average molecular weight is 273 g/mol. The Morgan fingerprint density at radius 3 is 2.33 bits per heavy atom. The predicted octanol–water partition coefficient (Wildman–Crippen LogP) is 3.28. The van der Waals surface area contributed by atoms with Crippen LogP contribution >= 0.6 is 0 Å². The van der Waals surface area contributed by atoms with E-state index in [2.05, 4.69) is 25.0 Å². The van der Waals surface area contributed by atoms with Crippen LogP contribution in [0.3, 0.4) is 0 Å².